The Balaban J connectivity index is 1.89. The van der Waals surface area contributed by atoms with E-state index >= 15 is 0 Å². The van der Waals surface area contributed by atoms with Crippen LogP contribution in [0, 0.1) is 10.1 Å². The Bertz CT molecular complexity index is 797. The van der Waals surface area contributed by atoms with Gasteiger partial charge in [-0.2, -0.15) is 0 Å². The molecule has 1 heterocycles. The monoisotopic (exact) mass is 357 g/mol. The van der Waals surface area contributed by atoms with Gasteiger partial charge in [-0.25, -0.2) is 4.98 Å². The minimum Gasteiger partial charge on any atom is -0.350 e. The number of hydrogen-bond acceptors (Lipinski definition) is 6. The Kier molecular flexibility index (Phi) is 6.31. The molecule has 0 fully saturated rings. The van der Waals surface area contributed by atoms with Crippen LogP contribution in [0.3, 0.4) is 0 Å². The fourth-order valence-corrected chi connectivity index (χ4v) is 2.30. The lowest BCUT2D eigenvalue weighted by molar-refractivity contribution is -0.384. The highest BCUT2D eigenvalue weighted by Gasteiger charge is 2.19. The predicted molar refractivity (Wildman–Crippen MR) is 93.3 cm³/mol. The van der Waals surface area contributed by atoms with Gasteiger partial charge in [0.05, 0.1) is 17.2 Å². The number of nitrogens with zero attached hydrogens (tertiary/aromatic N) is 4. The predicted octanol–water partition coefficient (Wildman–Crippen LogP) is 1.72. The molecule has 0 bridgehead atoms. The molecule has 0 saturated carbocycles. The van der Waals surface area contributed by atoms with Gasteiger partial charge in [0.2, 0.25) is 5.91 Å². The SMILES string of the molecule is CC(c1cccc([N+](=O)[O-])c1)N(C)C(=O)CCNC(=O)c1cnccn1. The first-order chi connectivity index (χ1) is 12.4. The van der Waals surface area contributed by atoms with Crippen molar-refractivity contribution in [3.63, 3.8) is 0 Å². The number of non-ortho nitro benzene ring substituents is 1. The summed E-state index contributed by atoms with van der Waals surface area (Å²) in [7, 11) is 1.62. The minimum atomic E-state index is -0.472. The molecule has 0 spiro atoms. The lowest BCUT2D eigenvalue weighted by Gasteiger charge is -2.25. The molecule has 1 aromatic carbocycles. The molecular weight excluding hydrogens is 338 g/mol. The summed E-state index contributed by atoms with van der Waals surface area (Å²) in [4.78, 5) is 43.7. The smallest absolute Gasteiger partial charge is 0.271 e. The maximum absolute atomic E-state index is 12.3. The zero-order chi connectivity index (χ0) is 19.1. The lowest BCUT2D eigenvalue weighted by Crippen LogP contribution is -2.34. The van der Waals surface area contributed by atoms with Gasteiger partial charge in [-0.1, -0.05) is 12.1 Å². The Morgan fingerprint density at radius 2 is 2.12 bits per heavy atom. The van der Waals surface area contributed by atoms with Crippen molar-refractivity contribution in [1.82, 2.24) is 20.2 Å². The molecule has 26 heavy (non-hydrogen) atoms. The van der Waals surface area contributed by atoms with Crippen molar-refractivity contribution in [1.29, 1.82) is 0 Å². The van der Waals surface area contributed by atoms with E-state index in [4.69, 9.17) is 0 Å². The van der Waals surface area contributed by atoms with Crippen molar-refractivity contribution < 1.29 is 14.5 Å². The Morgan fingerprint density at radius 1 is 1.35 bits per heavy atom. The van der Waals surface area contributed by atoms with Gasteiger partial charge < -0.3 is 10.2 Å². The van der Waals surface area contributed by atoms with Crippen LogP contribution in [0.25, 0.3) is 0 Å². The van der Waals surface area contributed by atoms with Crippen molar-refractivity contribution in [2.24, 2.45) is 0 Å². The number of nitro benzene ring substituents is 1. The van der Waals surface area contributed by atoms with E-state index in [2.05, 4.69) is 15.3 Å². The third-order valence-electron chi connectivity index (χ3n) is 3.96. The van der Waals surface area contributed by atoms with Crippen LogP contribution in [0.2, 0.25) is 0 Å². The summed E-state index contributed by atoms with van der Waals surface area (Å²) in [5.41, 5.74) is 0.823. The van der Waals surface area contributed by atoms with E-state index in [0.717, 1.165) is 0 Å². The zero-order valence-electron chi connectivity index (χ0n) is 14.5. The van der Waals surface area contributed by atoms with E-state index < -0.39 is 10.8 Å². The summed E-state index contributed by atoms with van der Waals surface area (Å²) in [5, 5.41) is 13.5. The Labute approximate surface area is 150 Å². The van der Waals surface area contributed by atoms with Crippen molar-refractivity contribution in [3.05, 3.63) is 64.2 Å². The summed E-state index contributed by atoms with van der Waals surface area (Å²) < 4.78 is 0. The number of nitrogens with one attached hydrogen (secondary N) is 1. The van der Waals surface area contributed by atoms with Gasteiger partial charge in [0.25, 0.3) is 11.6 Å². The molecule has 0 radical (unpaired) electrons. The third kappa shape index (κ3) is 4.82. The molecular formula is C17H19N5O4. The second-order valence-electron chi connectivity index (χ2n) is 5.63. The summed E-state index contributed by atoms with van der Waals surface area (Å²) in [6.07, 6.45) is 4.31. The average Bonchev–Trinajstić information content (AvgIpc) is 2.67. The number of benzene rings is 1. The fourth-order valence-electron chi connectivity index (χ4n) is 2.30. The van der Waals surface area contributed by atoms with Crippen LogP contribution in [0.15, 0.2) is 42.9 Å². The first-order valence-electron chi connectivity index (χ1n) is 7.94. The van der Waals surface area contributed by atoms with Gasteiger partial charge >= 0.3 is 0 Å². The van der Waals surface area contributed by atoms with E-state index in [9.17, 15) is 19.7 Å². The molecule has 1 aromatic heterocycles. The van der Waals surface area contributed by atoms with E-state index in [1.165, 1.54) is 35.6 Å². The number of hydrogen-bond donors (Lipinski definition) is 1. The van der Waals surface area contributed by atoms with Crippen molar-refractivity contribution >= 4 is 17.5 Å². The summed E-state index contributed by atoms with van der Waals surface area (Å²) in [5.74, 6) is -0.594. The molecule has 1 N–H and O–H groups in total. The molecule has 1 atom stereocenters. The molecule has 0 aliphatic heterocycles. The largest absolute Gasteiger partial charge is 0.350 e. The highest BCUT2D eigenvalue weighted by Crippen LogP contribution is 2.23. The summed E-state index contributed by atoms with van der Waals surface area (Å²) in [6, 6.07) is 5.84. The molecule has 9 heteroatoms. The number of amides is 2. The Hall–Kier alpha value is -3.36. The summed E-state index contributed by atoms with van der Waals surface area (Å²) in [6.45, 7) is 1.94. The Morgan fingerprint density at radius 3 is 2.77 bits per heavy atom. The molecule has 0 aliphatic carbocycles. The normalized spacial score (nSPS) is 11.5. The van der Waals surface area contributed by atoms with Gasteiger partial charge in [0.15, 0.2) is 0 Å². The molecule has 136 valence electrons. The number of carbonyl (C=O) groups excluding carboxylic acids is 2. The van der Waals surface area contributed by atoms with E-state index in [1.807, 2.05) is 0 Å². The molecule has 0 aliphatic rings. The van der Waals surface area contributed by atoms with Crippen molar-refractivity contribution in [2.75, 3.05) is 13.6 Å². The molecule has 2 amide bonds. The average molecular weight is 357 g/mol. The van der Waals surface area contributed by atoms with Crippen molar-refractivity contribution in [2.45, 2.75) is 19.4 Å². The second kappa shape index (κ2) is 8.65. The van der Waals surface area contributed by atoms with Crippen LogP contribution >= 0.6 is 0 Å². The summed E-state index contributed by atoms with van der Waals surface area (Å²) >= 11 is 0. The number of rotatable bonds is 7. The highest BCUT2D eigenvalue weighted by molar-refractivity contribution is 5.92. The van der Waals surface area contributed by atoms with Gasteiger partial charge in [0.1, 0.15) is 5.69 Å². The van der Waals surface area contributed by atoms with E-state index in [1.54, 1.807) is 26.1 Å². The highest BCUT2D eigenvalue weighted by atomic mass is 16.6. The third-order valence-corrected chi connectivity index (χ3v) is 3.96. The number of carbonyl (C=O) groups is 2. The van der Waals surface area contributed by atoms with Crippen LogP contribution in [0.1, 0.15) is 35.4 Å². The van der Waals surface area contributed by atoms with Crippen LogP contribution in [0.5, 0.6) is 0 Å². The topological polar surface area (TPSA) is 118 Å². The zero-order valence-corrected chi connectivity index (χ0v) is 14.5. The second-order valence-corrected chi connectivity index (χ2v) is 5.63. The standard InChI is InChI=1S/C17H19N5O4/c1-12(13-4-3-5-14(10-13)22(25)26)21(2)16(23)6-7-20-17(24)15-11-18-8-9-19-15/h3-5,8-12H,6-7H2,1-2H3,(H,20,24). The first-order valence-corrected chi connectivity index (χ1v) is 7.94. The van der Waals surface area contributed by atoms with Gasteiger partial charge in [-0.3, -0.25) is 24.7 Å². The molecule has 2 rings (SSSR count). The van der Waals surface area contributed by atoms with E-state index in [-0.39, 0.29) is 36.3 Å². The van der Waals surface area contributed by atoms with Gasteiger partial charge in [-0.05, 0) is 12.5 Å². The first kappa shape index (κ1) is 19.0. The van der Waals surface area contributed by atoms with Gasteiger partial charge in [0, 0.05) is 44.5 Å². The van der Waals surface area contributed by atoms with Crippen molar-refractivity contribution in [3.8, 4) is 0 Å². The maximum Gasteiger partial charge on any atom is 0.271 e. The van der Waals surface area contributed by atoms with Crippen LogP contribution < -0.4 is 5.32 Å². The quantitative estimate of drug-likeness (QED) is 0.595. The maximum atomic E-state index is 12.3. The van der Waals surface area contributed by atoms with Gasteiger partial charge in [-0.15, -0.1) is 0 Å². The van der Waals surface area contributed by atoms with Crippen LogP contribution in [-0.2, 0) is 4.79 Å². The number of aromatic nitrogens is 2. The minimum absolute atomic E-state index is 0.0218. The fraction of sp³-hybridized carbons (Fsp3) is 0.294. The van der Waals surface area contributed by atoms with Crippen LogP contribution in [-0.4, -0.2) is 45.2 Å². The van der Waals surface area contributed by atoms with E-state index in [0.29, 0.717) is 5.56 Å². The number of nitro groups is 1. The molecule has 0 saturated heterocycles. The molecule has 9 nitrogen and oxygen atoms in total. The lowest BCUT2D eigenvalue weighted by atomic mass is 10.1. The van der Waals surface area contributed by atoms with Crippen LogP contribution in [0.4, 0.5) is 5.69 Å². The molecule has 2 aromatic rings. The molecule has 1 unspecified atom stereocenters.